The van der Waals surface area contributed by atoms with E-state index in [-0.39, 0.29) is 0 Å². The minimum absolute atomic E-state index is 0.305. The molecule has 11 heteroatoms. The van der Waals surface area contributed by atoms with Crippen molar-refractivity contribution in [2.75, 3.05) is 0 Å². The largest absolute Gasteiger partial charge is 0.574 e. The van der Waals surface area contributed by atoms with Crippen LogP contribution in [0.15, 0.2) is 6.07 Å². The van der Waals surface area contributed by atoms with Crippen molar-refractivity contribution < 1.29 is 32.7 Å². The van der Waals surface area contributed by atoms with Crippen molar-refractivity contribution in [1.29, 1.82) is 0 Å². The van der Waals surface area contributed by atoms with Crippen molar-refractivity contribution in [3.63, 3.8) is 0 Å². The predicted molar refractivity (Wildman–Crippen MR) is 57.3 cm³/mol. The SMILES string of the molecule is O=C(O)c1c([N+](=O)[O-])cc(OC(F)(F)F)nc1I. The third-order valence-corrected chi connectivity index (χ3v) is 2.34. The fraction of sp³-hybridized carbons (Fsp3) is 0.143. The first-order chi connectivity index (χ1) is 8.11. The topological polar surface area (TPSA) is 103 Å². The van der Waals surface area contributed by atoms with Crippen LogP contribution >= 0.6 is 22.6 Å². The maximum atomic E-state index is 11.9. The van der Waals surface area contributed by atoms with E-state index in [2.05, 4.69) is 9.72 Å². The Labute approximate surface area is 110 Å². The molecule has 1 aromatic rings. The minimum atomic E-state index is -5.07. The van der Waals surface area contributed by atoms with Gasteiger partial charge < -0.3 is 9.84 Å². The van der Waals surface area contributed by atoms with E-state index >= 15 is 0 Å². The van der Waals surface area contributed by atoms with Crippen molar-refractivity contribution in [3.05, 3.63) is 25.4 Å². The van der Waals surface area contributed by atoms with Gasteiger partial charge in [-0.05, 0) is 22.6 Å². The Hall–Kier alpha value is -1.66. The van der Waals surface area contributed by atoms with Gasteiger partial charge in [0.25, 0.3) is 5.69 Å². The van der Waals surface area contributed by atoms with E-state index in [1.807, 2.05) is 0 Å². The van der Waals surface area contributed by atoms with Gasteiger partial charge in [-0.15, -0.1) is 13.2 Å². The highest BCUT2D eigenvalue weighted by atomic mass is 127. The summed E-state index contributed by atoms with van der Waals surface area (Å²) in [7, 11) is 0. The van der Waals surface area contributed by atoms with Crippen LogP contribution in [0.1, 0.15) is 10.4 Å². The summed E-state index contributed by atoms with van der Waals surface area (Å²) in [6.07, 6.45) is -5.07. The molecular weight excluding hydrogens is 376 g/mol. The number of hydrogen-bond donors (Lipinski definition) is 1. The number of nitro groups is 1. The van der Waals surface area contributed by atoms with Crippen LogP contribution in [-0.4, -0.2) is 27.3 Å². The smallest absolute Gasteiger partial charge is 0.477 e. The predicted octanol–water partition coefficient (Wildman–Crippen LogP) is 2.19. The van der Waals surface area contributed by atoms with E-state index in [1.165, 1.54) is 22.6 Å². The number of alkyl halides is 3. The number of hydrogen-bond acceptors (Lipinski definition) is 5. The van der Waals surface area contributed by atoms with Crippen LogP contribution in [0.2, 0.25) is 0 Å². The number of nitrogens with zero attached hydrogens (tertiary/aromatic N) is 2. The Morgan fingerprint density at radius 1 is 1.56 bits per heavy atom. The molecule has 0 aromatic carbocycles. The molecule has 0 aliphatic carbocycles. The first-order valence-electron chi connectivity index (χ1n) is 3.96. The number of ether oxygens (including phenoxy) is 1. The molecule has 1 aromatic heterocycles. The maximum Gasteiger partial charge on any atom is 0.574 e. The van der Waals surface area contributed by atoms with Crippen molar-refractivity contribution in [1.82, 2.24) is 4.98 Å². The number of halogens is 4. The fourth-order valence-corrected chi connectivity index (χ4v) is 1.74. The lowest BCUT2D eigenvalue weighted by Crippen LogP contribution is -2.19. The van der Waals surface area contributed by atoms with Gasteiger partial charge in [-0.2, -0.15) is 0 Å². The highest BCUT2D eigenvalue weighted by Crippen LogP contribution is 2.29. The molecule has 1 heterocycles. The van der Waals surface area contributed by atoms with Gasteiger partial charge in [0.15, 0.2) is 5.56 Å². The van der Waals surface area contributed by atoms with Gasteiger partial charge in [-0.3, -0.25) is 10.1 Å². The average molecular weight is 378 g/mol. The van der Waals surface area contributed by atoms with Gasteiger partial charge in [0.1, 0.15) is 3.70 Å². The molecule has 0 atom stereocenters. The summed E-state index contributed by atoms with van der Waals surface area (Å²) in [5, 5.41) is 19.3. The first-order valence-corrected chi connectivity index (χ1v) is 5.03. The Morgan fingerprint density at radius 3 is 2.50 bits per heavy atom. The van der Waals surface area contributed by atoms with Crippen molar-refractivity contribution in [3.8, 4) is 5.88 Å². The summed E-state index contributed by atoms with van der Waals surface area (Å²) in [6, 6.07) is 0.305. The number of pyridine rings is 1. The van der Waals surface area contributed by atoms with E-state index in [4.69, 9.17) is 5.11 Å². The normalized spacial score (nSPS) is 11.1. The Bertz CT molecular complexity index is 519. The molecule has 0 bridgehead atoms. The molecule has 1 rings (SSSR count). The molecule has 0 aliphatic heterocycles. The van der Waals surface area contributed by atoms with Crippen LogP contribution in [0, 0.1) is 13.8 Å². The van der Waals surface area contributed by atoms with Gasteiger partial charge in [0.05, 0.1) is 11.0 Å². The lowest BCUT2D eigenvalue weighted by molar-refractivity contribution is -0.385. The molecule has 0 spiro atoms. The minimum Gasteiger partial charge on any atom is -0.477 e. The zero-order valence-corrected chi connectivity index (χ0v) is 10.2. The summed E-state index contributed by atoms with van der Waals surface area (Å²) in [5.41, 5.74) is -1.82. The average Bonchev–Trinajstić information content (AvgIpc) is 2.12. The Balaban J connectivity index is 3.37. The zero-order valence-electron chi connectivity index (χ0n) is 8.06. The van der Waals surface area contributed by atoms with Crippen LogP contribution in [0.25, 0.3) is 0 Å². The van der Waals surface area contributed by atoms with Crippen molar-refractivity contribution in [2.24, 2.45) is 0 Å². The molecular formula is C7H2F3IN2O5. The molecule has 7 nitrogen and oxygen atoms in total. The van der Waals surface area contributed by atoms with Gasteiger partial charge >= 0.3 is 12.3 Å². The number of carboxylic acid groups (broad SMARTS) is 1. The number of aromatic nitrogens is 1. The third kappa shape index (κ3) is 3.41. The second kappa shape index (κ2) is 4.91. The second-order valence-electron chi connectivity index (χ2n) is 2.76. The zero-order chi connectivity index (χ0) is 14.1. The summed E-state index contributed by atoms with van der Waals surface area (Å²) >= 11 is 1.27. The highest BCUT2D eigenvalue weighted by Gasteiger charge is 2.34. The van der Waals surface area contributed by atoms with Gasteiger partial charge in [-0.25, -0.2) is 9.78 Å². The summed E-state index contributed by atoms with van der Waals surface area (Å²) in [4.78, 5) is 23.4. The van der Waals surface area contributed by atoms with Crippen LogP contribution in [0.5, 0.6) is 5.88 Å². The second-order valence-corrected chi connectivity index (χ2v) is 3.78. The lowest BCUT2D eigenvalue weighted by Gasteiger charge is -2.09. The number of carbonyl (C=O) groups is 1. The Morgan fingerprint density at radius 2 is 2.11 bits per heavy atom. The quantitative estimate of drug-likeness (QED) is 0.375. The molecule has 0 saturated heterocycles. The molecule has 0 fully saturated rings. The van der Waals surface area contributed by atoms with Crippen LogP contribution in [0.3, 0.4) is 0 Å². The van der Waals surface area contributed by atoms with E-state index in [0.29, 0.717) is 6.07 Å². The third-order valence-electron chi connectivity index (χ3n) is 1.56. The molecule has 98 valence electrons. The molecule has 1 N–H and O–H groups in total. The van der Waals surface area contributed by atoms with Gasteiger partial charge in [0, 0.05) is 0 Å². The van der Waals surface area contributed by atoms with Crippen molar-refractivity contribution in [2.45, 2.75) is 6.36 Å². The van der Waals surface area contributed by atoms with E-state index < -0.39 is 38.1 Å². The number of aromatic carboxylic acids is 1. The Kier molecular flexibility index (Phi) is 3.93. The van der Waals surface area contributed by atoms with Crippen LogP contribution < -0.4 is 4.74 Å². The monoisotopic (exact) mass is 378 g/mol. The molecule has 0 aliphatic rings. The fourth-order valence-electron chi connectivity index (χ4n) is 0.992. The maximum absolute atomic E-state index is 11.9. The summed E-state index contributed by atoms with van der Waals surface area (Å²) in [6.45, 7) is 0. The highest BCUT2D eigenvalue weighted by molar-refractivity contribution is 14.1. The summed E-state index contributed by atoms with van der Waals surface area (Å²) in [5.74, 6) is -2.76. The molecule has 0 saturated carbocycles. The van der Waals surface area contributed by atoms with Crippen LogP contribution in [0.4, 0.5) is 18.9 Å². The molecule has 0 unspecified atom stereocenters. The standard InChI is InChI=1S/C7H2F3IN2O5/c8-7(9,10)18-3-1-2(13(16)17)4(6(14)15)5(11)12-3/h1H,(H,14,15). The van der Waals surface area contributed by atoms with E-state index in [1.54, 1.807) is 0 Å². The van der Waals surface area contributed by atoms with E-state index in [0.717, 1.165) is 0 Å². The van der Waals surface area contributed by atoms with Crippen LogP contribution in [-0.2, 0) is 0 Å². The van der Waals surface area contributed by atoms with E-state index in [9.17, 15) is 28.1 Å². The molecule has 0 radical (unpaired) electrons. The van der Waals surface area contributed by atoms with Crippen molar-refractivity contribution >= 4 is 34.2 Å². The number of carboxylic acids is 1. The molecule has 18 heavy (non-hydrogen) atoms. The first kappa shape index (κ1) is 14.4. The van der Waals surface area contributed by atoms with Gasteiger partial charge in [0.2, 0.25) is 5.88 Å². The lowest BCUT2D eigenvalue weighted by atomic mass is 10.2. The number of rotatable bonds is 3. The van der Waals surface area contributed by atoms with Gasteiger partial charge in [-0.1, -0.05) is 0 Å². The summed E-state index contributed by atoms with van der Waals surface area (Å²) < 4.78 is 38.7. The molecule has 0 amide bonds.